The maximum absolute atomic E-state index is 12.8. The molecule has 0 aromatic carbocycles. The molecule has 154 valence electrons. The number of carbonyl (C=O) groups is 1. The summed E-state index contributed by atoms with van der Waals surface area (Å²) in [5.74, 6) is -1.42. The zero-order valence-corrected chi connectivity index (χ0v) is 16.4. The Kier molecular flexibility index (Phi) is 7.00. The smallest absolute Gasteiger partial charge is 0.352 e. The lowest BCUT2D eigenvalue weighted by atomic mass is 10.1. The molecule has 0 saturated carbocycles. The average molecular weight is 419 g/mol. The van der Waals surface area contributed by atoms with E-state index in [1.54, 1.807) is 13.8 Å². The van der Waals surface area contributed by atoms with Gasteiger partial charge in [-0.1, -0.05) is 11.6 Å². The van der Waals surface area contributed by atoms with Crippen LogP contribution in [0.2, 0.25) is 0 Å². The number of halogens is 4. The number of hydrogen-bond acceptors (Lipinski definition) is 5. The molecule has 7 nitrogen and oxygen atoms in total. The Balaban J connectivity index is 0.00000280. The van der Waals surface area contributed by atoms with Crippen molar-refractivity contribution in [2.45, 2.75) is 39.3 Å². The van der Waals surface area contributed by atoms with Crippen molar-refractivity contribution in [3.05, 3.63) is 34.4 Å². The minimum absolute atomic E-state index is 0. The van der Waals surface area contributed by atoms with Crippen LogP contribution >= 0.6 is 12.4 Å². The topological polar surface area (TPSA) is 84.2 Å². The van der Waals surface area contributed by atoms with Gasteiger partial charge in [-0.15, -0.1) is 17.5 Å². The molecule has 28 heavy (non-hydrogen) atoms. The summed E-state index contributed by atoms with van der Waals surface area (Å²) in [7, 11) is 0. The summed E-state index contributed by atoms with van der Waals surface area (Å²) in [5, 5.41) is 9.61. The lowest BCUT2D eigenvalue weighted by Crippen LogP contribution is -2.29. The first kappa shape index (κ1) is 22.1. The van der Waals surface area contributed by atoms with E-state index in [1.165, 1.54) is 5.57 Å². The molecule has 3 rings (SSSR count). The Labute approximate surface area is 166 Å². The number of carbonyl (C=O) groups excluding carboxylic acids is 1. The number of aromatic nitrogens is 4. The molecule has 0 atom stereocenters. The number of nitrogens with one attached hydrogen (secondary N) is 2. The fourth-order valence-corrected chi connectivity index (χ4v) is 3.06. The average Bonchev–Trinajstić information content (AvgIpc) is 3.05. The van der Waals surface area contributed by atoms with Crippen molar-refractivity contribution in [2.75, 3.05) is 19.6 Å². The van der Waals surface area contributed by atoms with Crippen LogP contribution < -0.4 is 10.6 Å². The van der Waals surface area contributed by atoms with E-state index in [0.717, 1.165) is 24.0 Å². The molecule has 11 heteroatoms. The molecule has 1 amide bonds. The Bertz CT molecular complexity index is 893. The molecule has 2 aromatic heterocycles. The second-order valence-corrected chi connectivity index (χ2v) is 6.50. The SMILES string of the molecule is Cc1nc2nc(C(F)(F)F)nn2c(C)c1CCC(=O)NCC1=CCNCC1.Cl. The van der Waals surface area contributed by atoms with Gasteiger partial charge < -0.3 is 10.6 Å². The van der Waals surface area contributed by atoms with Gasteiger partial charge in [0.15, 0.2) is 0 Å². The highest BCUT2D eigenvalue weighted by molar-refractivity contribution is 5.85. The van der Waals surface area contributed by atoms with Crippen LogP contribution in [0.5, 0.6) is 0 Å². The molecule has 2 aromatic rings. The predicted octanol–water partition coefficient (Wildman–Crippen LogP) is 2.15. The third-order valence-electron chi connectivity index (χ3n) is 4.58. The normalized spacial score (nSPS) is 14.5. The van der Waals surface area contributed by atoms with Gasteiger partial charge in [0.1, 0.15) is 0 Å². The van der Waals surface area contributed by atoms with Crippen molar-refractivity contribution in [3.8, 4) is 0 Å². The Morgan fingerprint density at radius 3 is 2.71 bits per heavy atom. The first-order chi connectivity index (χ1) is 12.8. The van der Waals surface area contributed by atoms with Crippen molar-refractivity contribution < 1.29 is 18.0 Å². The molecule has 0 fully saturated rings. The van der Waals surface area contributed by atoms with Crippen LogP contribution in [0.15, 0.2) is 11.6 Å². The first-order valence-corrected chi connectivity index (χ1v) is 8.71. The fraction of sp³-hybridized carbons (Fsp3) is 0.529. The number of rotatable bonds is 5. The summed E-state index contributed by atoms with van der Waals surface area (Å²) >= 11 is 0. The summed E-state index contributed by atoms with van der Waals surface area (Å²) in [6.07, 6.45) is -1.06. The maximum atomic E-state index is 12.8. The monoisotopic (exact) mass is 418 g/mol. The summed E-state index contributed by atoms with van der Waals surface area (Å²) in [6, 6.07) is 0. The van der Waals surface area contributed by atoms with E-state index in [-0.39, 0.29) is 30.5 Å². The van der Waals surface area contributed by atoms with Crippen LogP contribution in [-0.2, 0) is 17.4 Å². The molecule has 1 aliphatic heterocycles. The summed E-state index contributed by atoms with van der Waals surface area (Å²) in [6.45, 7) is 5.59. The largest absolute Gasteiger partial charge is 0.453 e. The summed E-state index contributed by atoms with van der Waals surface area (Å²) < 4.78 is 39.6. The number of nitrogens with zero attached hydrogens (tertiary/aromatic N) is 4. The highest BCUT2D eigenvalue weighted by Gasteiger charge is 2.36. The van der Waals surface area contributed by atoms with Gasteiger partial charge in [-0.2, -0.15) is 18.2 Å². The minimum atomic E-state index is -4.63. The predicted molar refractivity (Wildman–Crippen MR) is 99.4 cm³/mol. The van der Waals surface area contributed by atoms with Crippen LogP contribution in [0.25, 0.3) is 5.78 Å². The molecular formula is C17H22ClF3N6O. The van der Waals surface area contributed by atoms with Crippen molar-refractivity contribution >= 4 is 24.1 Å². The van der Waals surface area contributed by atoms with Gasteiger partial charge in [-0.25, -0.2) is 9.50 Å². The Morgan fingerprint density at radius 2 is 2.07 bits per heavy atom. The van der Waals surface area contributed by atoms with E-state index in [0.29, 0.717) is 29.9 Å². The molecule has 0 aliphatic carbocycles. The maximum Gasteiger partial charge on any atom is 0.453 e. The van der Waals surface area contributed by atoms with Gasteiger partial charge in [-0.3, -0.25) is 4.79 Å². The highest BCUT2D eigenvalue weighted by Crippen LogP contribution is 2.27. The standard InChI is InChI=1S/C17H21F3N6O.ClH/c1-10-13(3-4-14(27)22-9-12-5-7-21-8-6-12)11(2)26-16(23-10)24-15(25-26)17(18,19)20;/h5,21H,3-4,6-9H2,1-2H3,(H,22,27);1H. The van der Waals surface area contributed by atoms with Gasteiger partial charge in [0.05, 0.1) is 0 Å². The van der Waals surface area contributed by atoms with E-state index in [1.807, 2.05) is 0 Å². The van der Waals surface area contributed by atoms with E-state index in [4.69, 9.17) is 0 Å². The number of amides is 1. The van der Waals surface area contributed by atoms with Crippen molar-refractivity contribution in [3.63, 3.8) is 0 Å². The zero-order valence-electron chi connectivity index (χ0n) is 15.6. The molecule has 0 radical (unpaired) electrons. The Morgan fingerprint density at radius 1 is 1.32 bits per heavy atom. The van der Waals surface area contributed by atoms with Crippen LogP contribution in [0.1, 0.15) is 35.6 Å². The molecule has 2 N–H and O–H groups in total. The van der Waals surface area contributed by atoms with Crippen LogP contribution in [0.4, 0.5) is 13.2 Å². The zero-order chi connectivity index (χ0) is 19.6. The second kappa shape index (κ2) is 8.87. The minimum Gasteiger partial charge on any atom is -0.352 e. The molecule has 0 bridgehead atoms. The number of hydrogen-bond donors (Lipinski definition) is 2. The van der Waals surface area contributed by atoms with E-state index >= 15 is 0 Å². The summed E-state index contributed by atoms with van der Waals surface area (Å²) in [4.78, 5) is 19.7. The van der Waals surface area contributed by atoms with Crippen molar-refractivity contribution in [1.82, 2.24) is 30.2 Å². The molecule has 0 spiro atoms. The van der Waals surface area contributed by atoms with Crippen molar-refractivity contribution in [2.24, 2.45) is 0 Å². The van der Waals surface area contributed by atoms with Gasteiger partial charge >= 0.3 is 6.18 Å². The molecule has 0 saturated heterocycles. The van der Waals surface area contributed by atoms with Gasteiger partial charge in [0.2, 0.25) is 5.91 Å². The molecular weight excluding hydrogens is 397 g/mol. The first-order valence-electron chi connectivity index (χ1n) is 8.71. The molecule has 3 heterocycles. The second-order valence-electron chi connectivity index (χ2n) is 6.50. The third kappa shape index (κ3) is 4.99. The van der Waals surface area contributed by atoms with E-state index < -0.39 is 12.0 Å². The quantitative estimate of drug-likeness (QED) is 0.727. The summed E-state index contributed by atoms with van der Waals surface area (Å²) in [5.41, 5.74) is 2.96. The fourth-order valence-electron chi connectivity index (χ4n) is 3.06. The number of aryl methyl sites for hydroxylation is 2. The van der Waals surface area contributed by atoms with Crippen LogP contribution in [-0.4, -0.2) is 45.1 Å². The third-order valence-corrected chi connectivity index (χ3v) is 4.58. The van der Waals surface area contributed by atoms with Gasteiger partial charge in [0, 0.05) is 30.9 Å². The number of fused-ring (bicyclic) bond motifs is 1. The van der Waals surface area contributed by atoms with Crippen molar-refractivity contribution in [1.29, 1.82) is 0 Å². The highest BCUT2D eigenvalue weighted by atomic mass is 35.5. The van der Waals surface area contributed by atoms with Crippen LogP contribution in [0, 0.1) is 13.8 Å². The Hall–Kier alpha value is -2.20. The number of alkyl halides is 3. The van der Waals surface area contributed by atoms with Crippen LogP contribution in [0.3, 0.4) is 0 Å². The molecule has 0 unspecified atom stereocenters. The van der Waals surface area contributed by atoms with Gasteiger partial charge in [0.25, 0.3) is 11.6 Å². The van der Waals surface area contributed by atoms with E-state index in [2.05, 4.69) is 31.8 Å². The molecule has 1 aliphatic rings. The van der Waals surface area contributed by atoms with E-state index in [9.17, 15) is 18.0 Å². The van der Waals surface area contributed by atoms with Gasteiger partial charge in [-0.05, 0) is 38.8 Å². The lowest BCUT2D eigenvalue weighted by Gasteiger charge is -2.15. The lowest BCUT2D eigenvalue weighted by molar-refractivity contribution is -0.144.